The Balaban J connectivity index is 1.73. The summed E-state index contributed by atoms with van der Waals surface area (Å²) in [6, 6.07) is 7.18. The highest BCUT2D eigenvalue weighted by atomic mass is 16.5. The summed E-state index contributed by atoms with van der Waals surface area (Å²) in [5.41, 5.74) is 3.75. The van der Waals surface area contributed by atoms with E-state index in [0.717, 1.165) is 19.3 Å². The second-order valence-electron chi connectivity index (χ2n) is 6.53. The minimum absolute atomic E-state index is 0.128. The molecule has 0 bridgehead atoms. The third-order valence-electron chi connectivity index (χ3n) is 4.66. The van der Waals surface area contributed by atoms with Crippen molar-refractivity contribution >= 4 is 17.5 Å². The van der Waals surface area contributed by atoms with E-state index in [-0.39, 0.29) is 17.3 Å². The number of rotatable bonds is 5. The number of nitrogens with zero attached hydrogens (tertiary/aromatic N) is 1. The van der Waals surface area contributed by atoms with Crippen LogP contribution in [-0.2, 0) is 24.6 Å². The zero-order valence-corrected chi connectivity index (χ0v) is 14.7. The van der Waals surface area contributed by atoms with Crippen LogP contribution in [0.25, 0.3) is 0 Å². The number of fused-ring (bicyclic) bond motifs is 1. The molecule has 5 nitrogen and oxygen atoms in total. The predicted octanol–water partition coefficient (Wildman–Crippen LogP) is 3.14. The summed E-state index contributed by atoms with van der Waals surface area (Å²) in [6.45, 7) is 3.01. The zero-order valence-electron chi connectivity index (χ0n) is 14.7. The lowest BCUT2D eigenvalue weighted by molar-refractivity contribution is 0.0309. The molecule has 1 aromatic heterocycles. The topological polar surface area (TPSA) is 65.4 Å². The summed E-state index contributed by atoms with van der Waals surface area (Å²) >= 11 is 0. The van der Waals surface area contributed by atoms with Gasteiger partial charge in [-0.2, -0.15) is 0 Å². The van der Waals surface area contributed by atoms with E-state index >= 15 is 0 Å². The maximum Gasteiger partial charge on any atom is 0.355 e. The van der Waals surface area contributed by atoms with Crippen LogP contribution in [0.1, 0.15) is 62.6 Å². The molecule has 0 amide bonds. The van der Waals surface area contributed by atoms with Gasteiger partial charge in [0.1, 0.15) is 5.69 Å². The average molecular weight is 339 g/mol. The first kappa shape index (κ1) is 17.1. The number of hydrogen-bond donors (Lipinski definition) is 0. The quantitative estimate of drug-likeness (QED) is 0.620. The molecule has 0 radical (unpaired) electrons. The summed E-state index contributed by atoms with van der Waals surface area (Å²) in [5, 5.41) is 0. The second-order valence-corrected chi connectivity index (χ2v) is 6.53. The van der Waals surface area contributed by atoms with Crippen molar-refractivity contribution in [3.8, 4) is 0 Å². The Morgan fingerprint density at radius 2 is 1.80 bits per heavy atom. The van der Waals surface area contributed by atoms with Crippen molar-refractivity contribution in [3.05, 3.63) is 58.4 Å². The Labute approximate surface area is 146 Å². The first-order valence-corrected chi connectivity index (χ1v) is 8.41. The van der Waals surface area contributed by atoms with Gasteiger partial charge in [-0.25, -0.2) is 4.79 Å². The van der Waals surface area contributed by atoms with Gasteiger partial charge in [0.2, 0.25) is 5.78 Å². The number of Topliss-reactive ketones (excluding diaryl/α,β-unsaturated/α-hetero) is 2. The molecule has 1 aliphatic rings. The van der Waals surface area contributed by atoms with Crippen LogP contribution < -0.4 is 0 Å². The van der Waals surface area contributed by atoms with Crippen LogP contribution in [0.2, 0.25) is 0 Å². The minimum Gasteiger partial charge on any atom is -0.450 e. The van der Waals surface area contributed by atoms with Gasteiger partial charge in [-0.1, -0.05) is 12.1 Å². The van der Waals surface area contributed by atoms with Crippen molar-refractivity contribution in [2.45, 2.75) is 39.2 Å². The van der Waals surface area contributed by atoms with E-state index in [2.05, 4.69) is 0 Å². The molecule has 0 aliphatic heterocycles. The van der Waals surface area contributed by atoms with E-state index in [4.69, 9.17) is 4.74 Å². The first-order valence-electron chi connectivity index (χ1n) is 8.41. The highest BCUT2D eigenvalue weighted by Gasteiger charge is 2.24. The van der Waals surface area contributed by atoms with Gasteiger partial charge >= 0.3 is 5.97 Å². The first-order chi connectivity index (χ1) is 11.9. The third-order valence-corrected chi connectivity index (χ3v) is 4.66. The number of hydrogen-bond acceptors (Lipinski definition) is 4. The summed E-state index contributed by atoms with van der Waals surface area (Å²) in [6.07, 6.45) is 3.85. The number of ketones is 2. The lowest BCUT2D eigenvalue weighted by Gasteiger charge is -2.13. The summed E-state index contributed by atoms with van der Waals surface area (Å²) in [4.78, 5) is 36.3. The molecular weight excluding hydrogens is 318 g/mol. The monoisotopic (exact) mass is 339 g/mol. The minimum atomic E-state index is -0.886. The Morgan fingerprint density at radius 1 is 1.08 bits per heavy atom. The van der Waals surface area contributed by atoms with Crippen LogP contribution in [0.5, 0.6) is 0 Å². The molecule has 1 atom stereocenters. The smallest absolute Gasteiger partial charge is 0.355 e. The van der Waals surface area contributed by atoms with Crippen LogP contribution >= 0.6 is 0 Å². The molecule has 1 heterocycles. The van der Waals surface area contributed by atoms with Gasteiger partial charge in [0.15, 0.2) is 11.9 Å². The second kappa shape index (κ2) is 6.67. The number of carbonyl (C=O) groups is 3. The van der Waals surface area contributed by atoms with E-state index in [9.17, 15) is 14.4 Å². The molecular formula is C20H21NO4. The van der Waals surface area contributed by atoms with E-state index in [1.54, 1.807) is 26.2 Å². The fraction of sp³-hybridized carbons (Fsp3) is 0.350. The molecule has 1 aromatic carbocycles. The zero-order chi connectivity index (χ0) is 18.1. The summed E-state index contributed by atoms with van der Waals surface area (Å²) < 4.78 is 6.86. The Bertz CT molecular complexity index is 863. The standard InChI is InChI=1S/C20H21NO4/c1-12(22)17-10-18(21(3)11-17)20(24)25-13(2)19(23)16-8-7-14-5-4-6-15(14)9-16/h7-11,13H,4-6H2,1-3H3/t13-/m0/s1. The van der Waals surface area contributed by atoms with Gasteiger partial charge in [0, 0.05) is 24.4 Å². The lowest BCUT2D eigenvalue weighted by Crippen LogP contribution is -2.25. The Hall–Kier alpha value is -2.69. The molecule has 1 aliphatic carbocycles. The molecule has 0 fully saturated rings. The molecule has 5 heteroatoms. The van der Waals surface area contributed by atoms with Crippen molar-refractivity contribution in [3.63, 3.8) is 0 Å². The van der Waals surface area contributed by atoms with Gasteiger partial charge in [-0.15, -0.1) is 0 Å². The van der Waals surface area contributed by atoms with Crippen LogP contribution in [0.15, 0.2) is 30.5 Å². The van der Waals surface area contributed by atoms with Crippen molar-refractivity contribution in [1.29, 1.82) is 0 Å². The van der Waals surface area contributed by atoms with E-state index in [1.807, 2.05) is 12.1 Å². The Kier molecular flexibility index (Phi) is 4.57. The molecule has 3 rings (SSSR count). The van der Waals surface area contributed by atoms with Crippen LogP contribution in [0.4, 0.5) is 0 Å². The summed E-state index contributed by atoms with van der Waals surface area (Å²) in [5.74, 6) is -0.960. The number of esters is 1. The third kappa shape index (κ3) is 3.40. The van der Waals surface area contributed by atoms with Gasteiger partial charge in [-0.3, -0.25) is 9.59 Å². The van der Waals surface area contributed by atoms with Gasteiger partial charge < -0.3 is 9.30 Å². The largest absolute Gasteiger partial charge is 0.450 e. The van der Waals surface area contributed by atoms with E-state index in [0.29, 0.717) is 11.1 Å². The highest BCUT2D eigenvalue weighted by Crippen LogP contribution is 2.23. The highest BCUT2D eigenvalue weighted by molar-refractivity contribution is 6.02. The average Bonchev–Trinajstić information content (AvgIpc) is 3.19. The number of aryl methyl sites for hydroxylation is 3. The molecule has 130 valence electrons. The number of ether oxygens (including phenoxy) is 1. The Morgan fingerprint density at radius 3 is 2.48 bits per heavy atom. The number of carbonyl (C=O) groups excluding carboxylic acids is 3. The maximum absolute atomic E-state index is 12.6. The molecule has 0 unspecified atom stereocenters. The molecule has 2 aromatic rings. The van der Waals surface area contributed by atoms with E-state index in [1.165, 1.54) is 28.7 Å². The van der Waals surface area contributed by atoms with Crippen molar-refractivity contribution < 1.29 is 19.1 Å². The predicted molar refractivity (Wildman–Crippen MR) is 93.1 cm³/mol. The molecule has 25 heavy (non-hydrogen) atoms. The van der Waals surface area contributed by atoms with Crippen molar-refractivity contribution in [2.24, 2.45) is 7.05 Å². The molecule has 0 saturated carbocycles. The number of aromatic nitrogens is 1. The fourth-order valence-corrected chi connectivity index (χ4v) is 3.19. The maximum atomic E-state index is 12.6. The van der Waals surface area contributed by atoms with Gasteiger partial charge in [-0.05, 0) is 56.4 Å². The molecule has 0 saturated heterocycles. The van der Waals surface area contributed by atoms with Crippen LogP contribution in [0, 0.1) is 0 Å². The van der Waals surface area contributed by atoms with Crippen molar-refractivity contribution in [2.75, 3.05) is 0 Å². The van der Waals surface area contributed by atoms with Gasteiger partial charge in [0.25, 0.3) is 0 Å². The van der Waals surface area contributed by atoms with Gasteiger partial charge in [0.05, 0.1) is 0 Å². The van der Waals surface area contributed by atoms with Crippen molar-refractivity contribution in [1.82, 2.24) is 4.57 Å². The SMILES string of the molecule is CC(=O)c1cc(C(=O)O[C@@H](C)C(=O)c2ccc3c(c2)CCC3)n(C)c1. The van der Waals surface area contributed by atoms with E-state index < -0.39 is 12.1 Å². The summed E-state index contributed by atoms with van der Waals surface area (Å²) in [7, 11) is 1.66. The lowest BCUT2D eigenvalue weighted by atomic mass is 10.0. The molecule has 0 N–H and O–H groups in total. The van der Waals surface area contributed by atoms with Crippen LogP contribution in [0.3, 0.4) is 0 Å². The normalized spacial score (nSPS) is 14.0. The number of benzene rings is 1. The fourth-order valence-electron chi connectivity index (χ4n) is 3.19. The molecule has 0 spiro atoms. The van der Waals surface area contributed by atoms with Crippen LogP contribution in [-0.4, -0.2) is 28.2 Å².